The van der Waals surface area contributed by atoms with Gasteiger partial charge in [-0.3, -0.25) is 4.79 Å². The van der Waals surface area contributed by atoms with E-state index < -0.39 is 0 Å². The lowest BCUT2D eigenvalue weighted by Gasteiger charge is -2.09. The molecule has 2 aromatic rings. The van der Waals surface area contributed by atoms with Crippen LogP contribution in [-0.2, 0) is 0 Å². The number of aryl methyl sites for hydroxylation is 2. The molecule has 0 atom stereocenters. The molecule has 0 unspecified atom stereocenters. The number of rotatable bonds is 2. The van der Waals surface area contributed by atoms with E-state index >= 15 is 0 Å². The van der Waals surface area contributed by atoms with E-state index in [9.17, 15) is 4.79 Å². The highest BCUT2D eigenvalue weighted by Crippen LogP contribution is 2.21. The van der Waals surface area contributed by atoms with Gasteiger partial charge in [0.05, 0.1) is 0 Å². The van der Waals surface area contributed by atoms with Crippen molar-refractivity contribution in [2.45, 2.75) is 13.8 Å². The summed E-state index contributed by atoms with van der Waals surface area (Å²) >= 11 is 3.43. The Morgan fingerprint density at radius 1 is 1.11 bits per heavy atom. The summed E-state index contributed by atoms with van der Waals surface area (Å²) in [5.41, 5.74) is 9.81. The summed E-state index contributed by atoms with van der Waals surface area (Å²) in [4.78, 5) is 12.2. The molecule has 0 saturated carbocycles. The molecular weight excluding hydrogens is 304 g/mol. The zero-order valence-corrected chi connectivity index (χ0v) is 12.4. The number of amides is 1. The predicted octanol–water partition coefficient (Wildman–Crippen LogP) is 3.90. The largest absolute Gasteiger partial charge is 0.399 e. The van der Waals surface area contributed by atoms with E-state index in [4.69, 9.17) is 5.73 Å². The molecule has 3 N–H and O–H groups in total. The van der Waals surface area contributed by atoms with Crippen LogP contribution in [0.4, 0.5) is 11.4 Å². The number of anilines is 2. The minimum atomic E-state index is -0.131. The van der Waals surface area contributed by atoms with Crippen LogP contribution in [0.1, 0.15) is 21.5 Å². The van der Waals surface area contributed by atoms with E-state index in [2.05, 4.69) is 21.2 Å². The molecule has 2 aromatic carbocycles. The van der Waals surface area contributed by atoms with Gasteiger partial charge in [0.25, 0.3) is 5.91 Å². The highest BCUT2D eigenvalue weighted by atomic mass is 79.9. The summed E-state index contributed by atoms with van der Waals surface area (Å²) < 4.78 is 0.925. The molecule has 3 nitrogen and oxygen atoms in total. The van der Waals surface area contributed by atoms with Crippen molar-refractivity contribution in [1.29, 1.82) is 0 Å². The van der Waals surface area contributed by atoms with E-state index in [0.29, 0.717) is 11.3 Å². The molecule has 0 aromatic heterocycles. The zero-order chi connectivity index (χ0) is 14.0. The number of nitrogens with two attached hydrogens (primary N) is 1. The Balaban J connectivity index is 2.23. The van der Waals surface area contributed by atoms with Gasteiger partial charge in [-0.15, -0.1) is 0 Å². The van der Waals surface area contributed by atoms with Crippen LogP contribution in [0.2, 0.25) is 0 Å². The predicted molar refractivity (Wildman–Crippen MR) is 82.4 cm³/mol. The van der Waals surface area contributed by atoms with Crippen LogP contribution < -0.4 is 11.1 Å². The van der Waals surface area contributed by atoms with Gasteiger partial charge in [-0.05, 0) is 55.3 Å². The Hall–Kier alpha value is -1.81. The second kappa shape index (κ2) is 5.45. The maximum Gasteiger partial charge on any atom is 0.255 e. The van der Waals surface area contributed by atoms with Gasteiger partial charge in [0.15, 0.2) is 0 Å². The van der Waals surface area contributed by atoms with Crippen LogP contribution in [0, 0.1) is 13.8 Å². The number of benzene rings is 2. The first kappa shape index (κ1) is 13.6. The molecule has 19 heavy (non-hydrogen) atoms. The van der Waals surface area contributed by atoms with Crippen molar-refractivity contribution in [2.75, 3.05) is 11.1 Å². The molecule has 0 saturated heterocycles. The third-order valence-electron chi connectivity index (χ3n) is 2.93. The zero-order valence-electron chi connectivity index (χ0n) is 10.8. The Morgan fingerprint density at radius 3 is 2.47 bits per heavy atom. The fraction of sp³-hybridized carbons (Fsp3) is 0.133. The Labute approximate surface area is 121 Å². The Morgan fingerprint density at radius 2 is 1.84 bits per heavy atom. The molecule has 0 fully saturated rings. The summed E-state index contributed by atoms with van der Waals surface area (Å²) in [5.74, 6) is -0.131. The molecule has 0 aliphatic carbocycles. The lowest BCUT2D eigenvalue weighted by atomic mass is 10.1. The van der Waals surface area contributed by atoms with Gasteiger partial charge in [-0.25, -0.2) is 0 Å². The summed E-state index contributed by atoms with van der Waals surface area (Å²) in [7, 11) is 0. The second-order valence-corrected chi connectivity index (χ2v) is 5.35. The van der Waals surface area contributed by atoms with Gasteiger partial charge < -0.3 is 11.1 Å². The van der Waals surface area contributed by atoms with Crippen molar-refractivity contribution in [3.05, 3.63) is 57.6 Å². The van der Waals surface area contributed by atoms with Gasteiger partial charge in [-0.1, -0.05) is 22.0 Å². The first-order chi connectivity index (χ1) is 8.97. The smallest absolute Gasteiger partial charge is 0.255 e. The standard InChI is InChI=1S/C15H15BrN2O/c1-9-3-4-11(8-13(9)16)15(19)18-14-6-5-12(17)7-10(14)2/h3-8H,17H2,1-2H3,(H,18,19). The summed E-state index contributed by atoms with van der Waals surface area (Å²) in [5, 5.41) is 2.89. The lowest BCUT2D eigenvalue weighted by molar-refractivity contribution is 0.102. The molecular formula is C15H15BrN2O. The number of halogens is 1. The second-order valence-electron chi connectivity index (χ2n) is 4.49. The number of hydrogen-bond donors (Lipinski definition) is 2. The molecule has 0 heterocycles. The van der Waals surface area contributed by atoms with Crippen molar-refractivity contribution in [3.63, 3.8) is 0 Å². The molecule has 0 aliphatic heterocycles. The highest BCUT2D eigenvalue weighted by molar-refractivity contribution is 9.10. The molecule has 0 aliphatic rings. The fourth-order valence-corrected chi connectivity index (χ4v) is 2.13. The average Bonchev–Trinajstić information content (AvgIpc) is 2.36. The highest BCUT2D eigenvalue weighted by Gasteiger charge is 2.09. The summed E-state index contributed by atoms with van der Waals surface area (Å²) in [6.45, 7) is 3.90. The Bertz CT molecular complexity index is 638. The summed E-state index contributed by atoms with van der Waals surface area (Å²) in [6.07, 6.45) is 0. The van der Waals surface area contributed by atoms with Crippen LogP contribution in [-0.4, -0.2) is 5.91 Å². The molecule has 98 valence electrons. The monoisotopic (exact) mass is 318 g/mol. The normalized spacial score (nSPS) is 10.3. The average molecular weight is 319 g/mol. The molecule has 0 spiro atoms. The summed E-state index contributed by atoms with van der Waals surface area (Å²) in [6, 6.07) is 11.0. The van der Waals surface area contributed by atoms with Gasteiger partial charge in [-0.2, -0.15) is 0 Å². The quantitative estimate of drug-likeness (QED) is 0.825. The van der Waals surface area contributed by atoms with E-state index in [1.54, 1.807) is 6.07 Å². The molecule has 4 heteroatoms. The van der Waals surface area contributed by atoms with E-state index in [1.807, 2.05) is 44.2 Å². The number of nitrogen functional groups attached to an aromatic ring is 1. The van der Waals surface area contributed by atoms with Crippen molar-refractivity contribution in [1.82, 2.24) is 0 Å². The third kappa shape index (κ3) is 3.15. The Kier molecular flexibility index (Phi) is 3.90. The number of hydrogen-bond acceptors (Lipinski definition) is 2. The first-order valence-corrected chi connectivity index (χ1v) is 6.70. The van der Waals surface area contributed by atoms with Crippen molar-refractivity contribution in [2.24, 2.45) is 0 Å². The van der Waals surface area contributed by atoms with E-state index in [-0.39, 0.29) is 5.91 Å². The van der Waals surface area contributed by atoms with E-state index in [0.717, 1.165) is 21.3 Å². The number of nitrogens with one attached hydrogen (secondary N) is 1. The topological polar surface area (TPSA) is 55.1 Å². The van der Waals surface area contributed by atoms with E-state index in [1.165, 1.54) is 0 Å². The van der Waals surface area contributed by atoms with Crippen LogP contribution in [0.5, 0.6) is 0 Å². The van der Waals surface area contributed by atoms with Gasteiger partial charge in [0.2, 0.25) is 0 Å². The fourth-order valence-electron chi connectivity index (χ4n) is 1.76. The van der Waals surface area contributed by atoms with Gasteiger partial charge >= 0.3 is 0 Å². The number of carbonyl (C=O) groups excluding carboxylic acids is 1. The van der Waals surface area contributed by atoms with Gasteiger partial charge in [0.1, 0.15) is 0 Å². The van der Waals surface area contributed by atoms with Crippen molar-refractivity contribution >= 4 is 33.2 Å². The molecule has 0 radical (unpaired) electrons. The molecule has 1 amide bonds. The van der Waals surface area contributed by atoms with Crippen LogP contribution >= 0.6 is 15.9 Å². The third-order valence-corrected chi connectivity index (χ3v) is 3.79. The van der Waals surface area contributed by atoms with Crippen LogP contribution in [0.3, 0.4) is 0 Å². The van der Waals surface area contributed by atoms with Crippen LogP contribution in [0.25, 0.3) is 0 Å². The molecule has 2 rings (SSSR count). The van der Waals surface area contributed by atoms with Gasteiger partial charge in [0, 0.05) is 21.4 Å². The van der Waals surface area contributed by atoms with Crippen molar-refractivity contribution < 1.29 is 4.79 Å². The first-order valence-electron chi connectivity index (χ1n) is 5.91. The number of carbonyl (C=O) groups is 1. The van der Waals surface area contributed by atoms with Crippen molar-refractivity contribution in [3.8, 4) is 0 Å². The van der Waals surface area contributed by atoms with Crippen LogP contribution in [0.15, 0.2) is 40.9 Å². The lowest BCUT2D eigenvalue weighted by Crippen LogP contribution is -2.13. The maximum absolute atomic E-state index is 12.2. The minimum Gasteiger partial charge on any atom is -0.399 e. The SMILES string of the molecule is Cc1ccc(C(=O)Nc2ccc(N)cc2C)cc1Br. The maximum atomic E-state index is 12.2. The molecule has 0 bridgehead atoms. The minimum absolute atomic E-state index is 0.131.